The second-order valence-corrected chi connectivity index (χ2v) is 4.43. The molecule has 0 aliphatic rings. The van der Waals surface area contributed by atoms with Crippen LogP contribution in [0.4, 0.5) is 5.69 Å². The second kappa shape index (κ2) is 6.75. The molecule has 0 fully saturated rings. The lowest BCUT2D eigenvalue weighted by atomic mass is 10.1. The molecule has 0 saturated carbocycles. The van der Waals surface area contributed by atoms with Crippen molar-refractivity contribution in [3.05, 3.63) is 30.5 Å². The van der Waals surface area contributed by atoms with Gasteiger partial charge >= 0.3 is 5.97 Å². The molecular weight excluding hydrogens is 256 g/mol. The molecule has 1 aromatic carbocycles. The molecule has 5 heteroatoms. The monoisotopic (exact) mass is 274 g/mol. The SMILES string of the molecule is CCCOc1cccc2c(NCCC(=O)O)ccnc12. The third-order valence-electron chi connectivity index (χ3n) is 2.85. The lowest BCUT2D eigenvalue weighted by molar-refractivity contribution is -0.136. The fraction of sp³-hybridized carbons (Fsp3) is 0.333. The predicted octanol–water partition coefficient (Wildman–Crippen LogP) is 2.91. The summed E-state index contributed by atoms with van der Waals surface area (Å²) in [5.41, 5.74) is 1.67. The van der Waals surface area contributed by atoms with Crippen molar-refractivity contribution < 1.29 is 14.6 Å². The molecule has 1 aromatic heterocycles. The Hall–Kier alpha value is -2.30. The number of rotatable bonds is 7. The summed E-state index contributed by atoms with van der Waals surface area (Å²) in [6.45, 7) is 3.09. The summed E-state index contributed by atoms with van der Waals surface area (Å²) in [6, 6.07) is 7.60. The van der Waals surface area contributed by atoms with E-state index in [1.54, 1.807) is 6.20 Å². The first-order valence-electron chi connectivity index (χ1n) is 6.68. The number of ether oxygens (including phenoxy) is 1. The average Bonchev–Trinajstić information content (AvgIpc) is 2.45. The highest BCUT2D eigenvalue weighted by molar-refractivity contribution is 5.94. The number of aromatic nitrogens is 1. The van der Waals surface area contributed by atoms with Gasteiger partial charge in [-0.3, -0.25) is 9.78 Å². The standard InChI is InChI=1S/C15H18N2O3/c1-2-10-20-13-5-3-4-11-12(6-8-17-15(11)13)16-9-7-14(18)19/h3-6,8H,2,7,9-10H2,1H3,(H,16,17)(H,18,19). The van der Waals surface area contributed by atoms with Crippen LogP contribution in [-0.4, -0.2) is 29.2 Å². The number of anilines is 1. The highest BCUT2D eigenvalue weighted by Crippen LogP contribution is 2.28. The zero-order valence-electron chi connectivity index (χ0n) is 11.4. The van der Waals surface area contributed by atoms with Crippen LogP contribution in [0.25, 0.3) is 10.9 Å². The number of fused-ring (bicyclic) bond motifs is 1. The average molecular weight is 274 g/mol. The number of nitrogens with one attached hydrogen (secondary N) is 1. The van der Waals surface area contributed by atoms with Crippen molar-refractivity contribution in [2.45, 2.75) is 19.8 Å². The first-order chi connectivity index (χ1) is 9.72. The maximum Gasteiger partial charge on any atom is 0.305 e. The van der Waals surface area contributed by atoms with Gasteiger partial charge in [0.2, 0.25) is 0 Å². The van der Waals surface area contributed by atoms with E-state index in [1.807, 2.05) is 24.3 Å². The van der Waals surface area contributed by atoms with E-state index in [9.17, 15) is 4.79 Å². The first kappa shape index (κ1) is 14.1. The van der Waals surface area contributed by atoms with E-state index in [2.05, 4.69) is 17.2 Å². The molecule has 0 spiro atoms. The molecule has 2 N–H and O–H groups in total. The van der Waals surface area contributed by atoms with Crippen LogP contribution in [-0.2, 0) is 4.79 Å². The number of pyridine rings is 1. The van der Waals surface area contributed by atoms with Gasteiger partial charge in [0.1, 0.15) is 11.3 Å². The molecule has 5 nitrogen and oxygen atoms in total. The van der Waals surface area contributed by atoms with Crippen LogP contribution in [0.1, 0.15) is 19.8 Å². The van der Waals surface area contributed by atoms with E-state index in [1.165, 1.54) is 0 Å². The van der Waals surface area contributed by atoms with Crippen molar-refractivity contribution in [3.63, 3.8) is 0 Å². The van der Waals surface area contributed by atoms with Gasteiger partial charge in [-0.15, -0.1) is 0 Å². The van der Waals surface area contributed by atoms with Crippen LogP contribution in [0.3, 0.4) is 0 Å². The van der Waals surface area contributed by atoms with Gasteiger partial charge in [0, 0.05) is 23.8 Å². The van der Waals surface area contributed by atoms with E-state index in [-0.39, 0.29) is 6.42 Å². The van der Waals surface area contributed by atoms with Gasteiger partial charge in [0.15, 0.2) is 0 Å². The highest BCUT2D eigenvalue weighted by Gasteiger charge is 2.07. The molecular formula is C15H18N2O3. The molecule has 0 saturated heterocycles. The van der Waals surface area contributed by atoms with Gasteiger partial charge in [-0.05, 0) is 18.6 Å². The second-order valence-electron chi connectivity index (χ2n) is 4.43. The number of carboxylic acids is 1. The van der Waals surface area contributed by atoms with Gasteiger partial charge in [0.25, 0.3) is 0 Å². The Labute approximate surface area is 117 Å². The number of hydrogen-bond acceptors (Lipinski definition) is 4. The van der Waals surface area contributed by atoms with Crippen molar-refractivity contribution in [3.8, 4) is 5.75 Å². The highest BCUT2D eigenvalue weighted by atomic mass is 16.5. The molecule has 2 aromatic rings. The lowest BCUT2D eigenvalue weighted by Crippen LogP contribution is -2.08. The predicted molar refractivity (Wildman–Crippen MR) is 78.3 cm³/mol. The van der Waals surface area contributed by atoms with Crippen LogP contribution in [0.5, 0.6) is 5.75 Å². The first-order valence-corrected chi connectivity index (χ1v) is 6.68. The molecule has 0 unspecified atom stereocenters. The van der Waals surface area contributed by atoms with Crippen LogP contribution < -0.4 is 10.1 Å². The van der Waals surface area contributed by atoms with E-state index < -0.39 is 5.97 Å². The number of nitrogens with zero attached hydrogens (tertiary/aromatic N) is 1. The molecule has 0 bridgehead atoms. The van der Waals surface area contributed by atoms with Crippen LogP contribution in [0.15, 0.2) is 30.5 Å². The Kier molecular flexibility index (Phi) is 4.76. The number of aliphatic carboxylic acids is 1. The van der Waals surface area contributed by atoms with Gasteiger partial charge in [-0.1, -0.05) is 19.1 Å². The number of hydrogen-bond donors (Lipinski definition) is 2. The molecule has 0 aliphatic heterocycles. The molecule has 0 aliphatic carbocycles. The quantitative estimate of drug-likeness (QED) is 0.812. The molecule has 2 rings (SSSR count). The summed E-state index contributed by atoms with van der Waals surface area (Å²) in [4.78, 5) is 14.9. The third-order valence-corrected chi connectivity index (χ3v) is 2.85. The molecule has 0 radical (unpaired) electrons. The normalized spacial score (nSPS) is 10.4. The van der Waals surface area contributed by atoms with Crippen molar-refractivity contribution >= 4 is 22.6 Å². The molecule has 106 valence electrons. The topological polar surface area (TPSA) is 71.5 Å². The van der Waals surface area contributed by atoms with Crippen molar-refractivity contribution in [2.75, 3.05) is 18.5 Å². The van der Waals surface area contributed by atoms with Gasteiger partial charge in [-0.25, -0.2) is 0 Å². The zero-order chi connectivity index (χ0) is 14.4. The Balaban J connectivity index is 2.25. The van der Waals surface area contributed by atoms with Crippen LogP contribution >= 0.6 is 0 Å². The van der Waals surface area contributed by atoms with E-state index >= 15 is 0 Å². The summed E-state index contributed by atoms with van der Waals surface area (Å²) in [5.74, 6) is -0.0611. The maximum atomic E-state index is 10.6. The minimum absolute atomic E-state index is 0.0792. The zero-order valence-corrected chi connectivity index (χ0v) is 11.4. The summed E-state index contributed by atoms with van der Waals surface area (Å²) in [5, 5.41) is 12.7. The molecule has 1 heterocycles. The summed E-state index contributed by atoms with van der Waals surface area (Å²) in [6.07, 6.45) is 2.72. The molecule has 20 heavy (non-hydrogen) atoms. The Bertz CT molecular complexity index is 599. The number of carboxylic acid groups (broad SMARTS) is 1. The Morgan fingerprint density at radius 2 is 2.25 bits per heavy atom. The fourth-order valence-corrected chi connectivity index (χ4v) is 1.94. The number of benzene rings is 1. The molecule has 0 atom stereocenters. The van der Waals surface area contributed by atoms with Gasteiger partial charge in [-0.2, -0.15) is 0 Å². The smallest absolute Gasteiger partial charge is 0.305 e. The third kappa shape index (κ3) is 3.38. The van der Waals surface area contributed by atoms with E-state index in [0.29, 0.717) is 13.2 Å². The minimum Gasteiger partial charge on any atom is -0.491 e. The number of para-hydroxylation sites is 1. The number of carbonyl (C=O) groups is 1. The van der Waals surface area contributed by atoms with E-state index in [4.69, 9.17) is 9.84 Å². The molecule has 0 amide bonds. The Morgan fingerprint density at radius 1 is 1.40 bits per heavy atom. The van der Waals surface area contributed by atoms with Crippen molar-refractivity contribution in [2.24, 2.45) is 0 Å². The van der Waals surface area contributed by atoms with Gasteiger partial charge in [0.05, 0.1) is 13.0 Å². The maximum absolute atomic E-state index is 10.6. The van der Waals surface area contributed by atoms with E-state index in [0.717, 1.165) is 28.8 Å². The minimum atomic E-state index is -0.817. The van der Waals surface area contributed by atoms with Crippen LogP contribution in [0, 0.1) is 0 Å². The largest absolute Gasteiger partial charge is 0.491 e. The van der Waals surface area contributed by atoms with Gasteiger partial charge < -0.3 is 15.2 Å². The van der Waals surface area contributed by atoms with Crippen molar-refractivity contribution in [1.29, 1.82) is 0 Å². The summed E-state index contributed by atoms with van der Waals surface area (Å²) in [7, 11) is 0. The summed E-state index contributed by atoms with van der Waals surface area (Å²) < 4.78 is 5.68. The van der Waals surface area contributed by atoms with Crippen LogP contribution in [0.2, 0.25) is 0 Å². The van der Waals surface area contributed by atoms with Crippen molar-refractivity contribution in [1.82, 2.24) is 4.98 Å². The fourth-order valence-electron chi connectivity index (χ4n) is 1.94. The summed E-state index contributed by atoms with van der Waals surface area (Å²) >= 11 is 0. The lowest BCUT2D eigenvalue weighted by Gasteiger charge is -2.11. The Morgan fingerprint density at radius 3 is 3.00 bits per heavy atom.